The maximum Gasteiger partial charge on any atom is 0.251 e. The van der Waals surface area contributed by atoms with Gasteiger partial charge >= 0.3 is 0 Å². The number of likely N-dealkylation sites (N-methyl/N-ethyl adjacent to an activating group) is 1. The number of carbonyl (C=O) groups is 1. The first-order valence-corrected chi connectivity index (χ1v) is 16.6. The van der Waals surface area contributed by atoms with E-state index in [9.17, 15) is 50.8 Å². The minimum Gasteiger partial charge on any atom is -0.396 e. The van der Waals surface area contributed by atoms with Crippen LogP contribution in [0.15, 0.2) is 0 Å². The van der Waals surface area contributed by atoms with Crippen LogP contribution in [-0.4, -0.2) is 196 Å². The van der Waals surface area contributed by atoms with Crippen LogP contribution >= 0.6 is 0 Å². The largest absolute Gasteiger partial charge is 0.396 e. The van der Waals surface area contributed by atoms with Crippen molar-refractivity contribution in [3.8, 4) is 0 Å². The predicted molar refractivity (Wildman–Crippen MR) is 169 cm³/mol. The van der Waals surface area contributed by atoms with Crippen LogP contribution in [0, 0.1) is 5.92 Å². The molecule has 0 aromatic carbocycles. The molecule has 288 valence electrons. The lowest BCUT2D eigenvalue weighted by Gasteiger charge is -2.49. The summed E-state index contributed by atoms with van der Waals surface area (Å²) in [6.45, 7) is 0.340. The number of nitrogens with two attached hydrogens (primary N) is 3. The van der Waals surface area contributed by atoms with Crippen molar-refractivity contribution in [1.82, 2.24) is 16.0 Å². The zero-order valence-electron chi connectivity index (χ0n) is 27.9. The lowest BCUT2D eigenvalue weighted by molar-refractivity contribution is -0.307. The molecule has 1 aliphatic carbocycles. The van der Waals surface area contributed by atoms with Gasteiger partial charge in [0.15, 0.2) is 18.7 Å². The quantitative estimate of drug-likeness (QED) is 0.0665. The van der Waals surface area contributed by atoms with Gasteiger partial charge in [-0.1, -0.05) is 0 Å². The highest BCUT2D eigenvalue weighted by atomic mass is 16.7. The molecule has 20 heteroatoms. The van der Waals surface area contributed by atoms with Crippen LogP contribution in [0.4, 0.5) is 0 Å². The normalized spacial score (nSPS) is 39.7. The molecule has 0 aromatic heterocycles. The molecule has 3 aliphatic rings. The van der Waals surface area contributed by atoms with E-state index in [0.717, 1.165) is 0 Å². The number of carbonyl (C=O) groups excluding carboxylic acids is 1. The van der Waals surface area contributed by atoms with E-state index in [1.807, 2.05) is 0 Å². The molecule has 3 rings (SSSR count). The van der Waals surface area contributed by atoms with Crippen LogP contribution in [0.1, 0.15) is 26.2 Å². The van der Waals surface area contributed by atoms with Crippen LogP contribution in [0.5, 0.6) is 0 Å². The standard InChI is InChI=1S/C29H58N6O14/c1-29(45)11-46-28(22(43)25(29)33-2)49-24-16(35-26(44)20(41)19(40)17(38)6-30)5-15(32)23(21(24)42)48-27-14(31)4-3-13(47-27)7-34-8-18(39)12(9-36)10-37/h12-25,27-28,33-34,36-43,45H,3-11,30-32H2,1-2H3,(H,35,44)/t13-,14?,15-,16+,17-,18?,19-,20-,21?,22?,23?,24?,25+,27+,28+,29?/m0/s1. The maximum absolute atomic E-state index is 13.0. The molecule has 2 saturated heterocycles. The molecule has 2 aliphatic heterocycles. The average molecular weight is 715 g/mol. The molecule has 2 heterocycles. The number of rotatable bonds is 17. The van der Waals surface area contributed by atoms with E-state index in [1.165, 1.54) is 14.0 Å². The fourth-order valence-electron chi connectivity index (χ4n) is 6.40. The van der Waals surface area contributed by atoms with E-state index < -0.39 is 116 Å². The van der Waals surface area contributed by atoms with Crippen molar-refractivity contribution in [2.45, 2.75) is 123 Å². The van der Waals surface area contributed by atoms with Crippen LogP contribution in [0.2, 0.25) is 0 Å². The molecular formula is C29H58N6O14. The van der Waals surface area contributed by atoms with Gasteiger partial charge in [-0.05, 0) is 33.2 Å². The third-order valence-corrected chi connectivity index (χ3v) is 9.53. The Morgan fingerprint density at radius 2 is 1.63 bits per heavy atom. The number of aliphatic hydroxyl groups excluding tert-OH is 8. The summed E-state index contributed by atoms with van der Waals surface area (Å²) in [6.07, 6.45) is -14.3. The summed E-state index contributed by atoms with van der Waals surface area (Å²) in [5.41, 5.74) is 16.6. The molecule has 0 spiro atoms. The molecule has 0 radical (unpaired) electrons. The minimum absolute atomic E-state index is 0.0808. The van der Waals surface area contributed by atoms with Crippen molar-refractivity contribution >= 4 is 5.91 Å². The smallest absolute Gasteiger partial charge is 0.251 e. The van der Waals surface area contributed by atoms with Crippen molar-refractivity contribution < 1.29 is 69.7 Å². The van der Waals surface area contributed by atoms with Gasteiger partial charge in [0.25, 0.3) is 5.91 Å². The zero-order chi connectivity index (χ0) is 36.6. The molecule has 7 unspecified atom stereocenters. The highest BCUT2D eigenvalue weighted by Crippen LogP contribution is 2.32. The first kappa shape index (κ1) is 42.2. The summed E-state index contributed by atoms with van der Waals surface area (Å²) in [7, 11) is 1.52. The van der Waals surface area contributed by atoms with E-state index >= 15 is 0 Å². The van der Waals surface area contributed by atoms with Crippen LogP contribution < -0.4 is 33.2 Å². The van der Waals surface area contributed by atoms with E-state index in [1.54, 1.807) is 0 Å². The van der Waals surface area contributed by atoms with Crippen molar-refractivity contribution in [3.05, 3.63) is 0 Å². The van der Waals surface area contributed by atoms with E-state index in [0.29, 0.717) is 12.8 Å². The Labute approximate surface area is 284 Å². The van der Waals surface area contributed by atoms with Gasteiger partial charge < -0.3 is 98.1 Å². The van der Waals surface area contributed by atoms with Crippen LogP contribution in [0.25, 0.3) is 0 Å². The summed E-state index contributed by atoms with van der Waals surface area (Å²) in [5, 5.41) is 101. The van der Waals surface area contributed by atoms with Crippen LogP contribution in [-0.2, 0) is 23.7 Å². The van der Waals surface area contributed by atoms with Gasteiger partial charge in [0.05, 0.1) is 56.3 Å². The molecule has 18 N–H and O–H groups in total. The number of aliphatic hydroxyl groups is 9. The maximum atomic E-state index is 13.0. The lowest BCUT2D eigenvalue weighted by atomic mass is 9.83. The fourth-order valence-corrected chi connectivity index (χ4v) is 6.40. The molecule has 1 saturated carbocycles. The molecule has 16 atom stereocenters. The Hall–Kier alpha value is -1.25. The Morgan fingerprint density at radius 1 is 0.980 bits per heavy atom. The first-order chi connectivity index (χ1) is 23.1. The van der Waals surface area contributed by atoms with Crippen molar-refractivity contribution in [3.63, 3.8) is 0 Å². The van der Waals surface area contributed by atoms with E-state index in [2.05, 4.69) is 16.0 Å². The number of hydrogen-bond donors (Lipinski definition) is 15. The fraction of sp³-hybridized carbons (Fsp3) is 0.966. The molecule has 49 heavy (non-hydrogen) atoms. The second-order valence-electron chi connectivity index (χ2n) is 13.5. The Balaban J connectivity index is 1.76. The average Bonchev–Trinajstić information content (AvgIpc) is 3.06. The number of hydrogen-bond acceptors (Lipinski definition) is 19. The molecule has 0 aromatic rings. The van der Waals surface area contributed by atoms with E-state index in [4.69, 9.17) is 36.1 Å². The second kappa shape index (κ2) is 19.0. The van der Waals surface area contributed by atoms with Gasteiger partial charge in [-0.2, -0.15) is 0 Å². The lowest BCUT2D eigenvalue weighted by Crippen LogP contribution is -2.70. The first-order valence-electron chi connectivity index (χ1n) is 16.6. The molecule has 3 fully saturated rings. The highest BCUT2D eigenvalue weighted by Gasteiger charge is 2.52. The van der Waals surface area contributed by atoms with Gasteiger partial charge in [0, 0.05) is 31.6 Å². The van der Waals surface area contributed by atoms with Crippen molar-refractivity contribution in [2.75, 3.05) is 46.5 Å². The molecule has 0 bridgehead atoms. The van der Waals surface area contributed by atoms with Gasteiger partial charge in [-0.25, -0.2) is 0 Å². The third kappa shape index (κ3) is 10.7. The molecule has 1 amide bonds. The minimum atomic E-state index is -2.11. The third-order valence-electron chi connectivity index (χ3n) is 9.53. The van der Waals surface area contributed by atoms with Crippen molar-refractivity contribution in [1.29, 1.82) is 0 Å². The highest BCUT2D eigenvalue weighted by molar-refractivity contribution is 5.81. The van der Waals surface area contributed by atoms with Crippen molar-refractivity contribution in [2.24, 2.45) is 23.1 Å². The predicted octanol–water partition coefficient (Wildman–Crippen LogP) is -8.19. The Morgan fingerprint density at radius 3 is 2.24 bits per heavy atom. The Kier molecular flexibility index (Phi) is 16.4. The number of nitrogens with one attached hydrogen (secondary N) is 3. The monoisotopic (exact) mass is 714 g/mol. The molecule has 20 nitrogen and oxygen atoms in total. The number of ether oxygens (including phenoxy) is 4. The van der Waals surface area contributed by atoms with Gasteiger partial charge in [0.1, 0.15) is 36.1 Å². The number of amides is 1. The summed E-state index contributed by atoms with van der Waals surface area (Å²) in [5.74, 6) is -1.83. The zero-order valence-corrected chi connectivity index (χ0v) is 27.9. The Bertz CT molecular complexity index is 1000. The van der Waals surface area contributed by atoms with Gasteiger partial charge in [-0.15, -0.1) is 0 Å². The topological polar surface area (TPSA) is 350 Å². The van der Waals surface area contributed by atoms with E-state index in [-0.39, 0.29) is 39.3 Å². The SMILES string of the molecule is CN[C@@H]1C(O)[C@@H](OC2C(O)C(O[C@H]3O[C@H](CNCC(O)C(CO)CO)CCC3N)[C@@H](N)C[C@H]2NC(=O)[C@@H](O)[C@@H](O)[C@@H](O)CN)OCC1(C)O. The van der Waals surface area contributed by atoms with Gasteiger partial charge in [-0.3, -0.25) is 4.79 Å². The molecular weight excluding hydrogens is 656 g/mol. The van der Waals surface area contributed by atoms with Crippen LogP contribution in [0.3, 0.4) is 0 Å². The summed E-state index contributed by atoms with van der Waals surface area (Å²) in [6, 6.07) is -3.66. The summed E-state index contributed by atoms with van der Waals surface area (Å²) < 4.78 is 23.9. The summed E-state index contributed by atoms with van der Waals surface area (Å²) >= 11 is 0. The summed E-state index contributed by atoms with van der Waals surface area (Å²) in [4.78, 5) is 13.0. The van der Waals surface area contributed by atoms with Gasteiger partial charge in [0.2, 0.25) is 0 Å². The second-order valence-corrected chi connectivity index (χ2v) is 13.5.